The highest BCUT2D eigenvalue weighted by atomic mass is 16.3. The first-order chi connectivity index (χ1) is 8.70. The molecule has 1 unspecified atom stereocenters. The molecule has 2 heteroatoms. The fourth-order valence-corrected chi connectivity index (χ4v) is 2.90. The maximum absolute atomic E-state index is 12.3. The lowest BCUT2D eigenvalue weighted by Gasteiger charge is -2.29. The van der Waals surface area contributed by atoms with Crippen LogP contribution in [-0.2, 0) is 0 Å². The Hall–Kier alpha value is -1.15. The van der Waals surface area contributed by atoms with Crippen molar-refractivity contribution < 1.29 is 9.90 Å². The van der Waals surface area contributed by atoms with Crippen LogP contribution in [0, 0.1) is 11.8 Å². The maximum atomic E-state index is 12.3. The van der Waals surface area contributed by atoms with Crippen LogP contribution in [0.15, 0.2) is 30.3 Å². The van der Waals surface area contributed by atoms with E-state index in [-0.39, 0.29) is 11.7 Å². The molecule has 0 heterocycles. The lowest BCUT2D eigenvalue weighted by Crippen LogP contribution is -2.33. The van der Waals surface area contributed by atoms with Gasteiger partial charge in [0.2, 0.25) is 0 Å². The van der Waals surface area contributed by atoms with Gasteiger partial charge in [-0.05, 0) is 18.8 Å². The van der Waals surface area contributed by atoms with Crippen LogP contribution in [-0.4, -0.2) is 17.0 Å². The summed E-state index contributed by atoms with van der Waals surface area (Å²) in [5.74, 6) is 0.0746. The normalized spacial score (nSPS) is 20.3. The first kappa shape index (κ1) is 13.3. The second kappa shape index (κ2) is 6.14. The van der Waals surface area contributed by atoms with E-state index in [1.54, 1.807) is 0 Å². The van der Waals surface area contributed by atoms with E-state index in [1.807, 2.05) is 37.3 Å². The lowest BCUT2D eigenvalue weighted by molar-refractivity contribution is 0.0360. The first-order valence-electron chi connectivity index (χ1n) is 6.97. The molecule has 1 fully saturated rings. The molecule has 2 nitrogen and oxygen atoms in total. The number of hydrogen-bond donors (Lipinski definition) is 1. The molecule has 1 aromatic rings. The van der Waals surface area contributed by atoms with Gasteiger partial charge < -0.3 is 5.11 Å². The van der Waals surface area contributed by atoms with E-state index in [2.05, 4.69) is 0 Å². The molecule has 2 rings (SSSR count). The average Bonchev–Trinajstić information content (AvgIpc) is 2.47. The summed E-state index contributed by atoms with van der Waals surface area (Å²) in [7, 11) is 0. The van der Waals surface area contributed by atoms with Crippen molar-refractivity contribution in [2.45, 2.75) is 45.1 Å². The van der Waals surface area contributed by atoms with Gasteiger partial charge in [-0.3, -0.25) is 4.79 Å². The van der Waals surface area contributed by atoms with Gasteiger partial charge in [-0.15, -0.1) is 0 Å². The van der Waals surface area contributed by atoms with Crippen LogP contribution in [0.1, 0.15) is 49.4 Å². The molecular weight excluding hydrogens is 224 g/mol. The van der Waals surface area contributed by atoms with Crippen LogP contribution in [0.2, 0.25) is 0 Å². The quantitative estimate of drug-likeness (QED) is 0.826. The Morgan fingerprint density at radius 2 is 1.78 bits per heavy atom. The molecule has 98 valence electrons. The van der Waals surface area contributed by atoms with Gasteiger partial charge in [0, 0.05) is 11.5 Å². The number of aliphatic hydroxyl groups is 1. The van der Waals surface area contributed by atoms with Gasteiger partial charge in [0.15, 0.2) is 5.78 Å². The summed E-state index contributed by atoms with van der Waals surface area (Å²) in [4.78, 5) is 12.3. The van der Waals surface area contributed by atoms with Crippen molar-refractivity contribution in [3.05, 3.63) is 35.9 Å². The number of carbonyl (C=O) groups is 1. The summed E-state index contributed by atoms with van der Waals surface area (Å²) in [5.41, 5.74) is 0.708. The number of carbonyl (C=O) groups excluding carboxylic acids is 1. The monoisotopic (exact) mass is 246 g/mol. The Bertz CT molecular complexity index is 379. The van der Waals surface area contributed by atoms with Crippen LogP contribution in [0.3, 0.4) is 0 Å². The van der Waals surface area contributed by atoms with E-state index < -0.39 is 6.10 Å². The average molecular weight is 246 g/mol. The van der Waals surface area contributed by atoms with Crippen molar-refractivity contribution in [1.82, 2.24) is 0 Å². The largest absolute Gasteiger partial charge is 0.392 e. The number of rotatable bonds is 4. The molecule has 1 aliphatic carbocycles. The maximum Gasteiger partial charge on any atom is 0.168 e. The number of Topliss-reactive ketones (excluding diaryl/α,β-unsaturated/α-hetero) is 1. The second-order valence-corrected chi connectivity index (χ2v) is 5.41. The smallest absolute Gasteiger partial charge is 0.168 e. The molecule has 1 aliphatic rings. The summed E-state index contributed by atoms with van der Waals surface area (Å²) in [6.45, 7) is 1.86. The van der Waals surface area contributed by atoms with Gasteiger partial charge in [0.05, 0.1) is 6.10 Å². The topological polar surface area (TPSA) is 37.3 Å². The van der Waals surface area contributed by atoms with E-state index in [1.165, 1.54) is 19.3 Å². The summed E-state index contributed by atoms with van der Waals surface area (Å²) in [6.07, 6.45) is 5.28. The highest BCUT2D eigenvalue weighted by Gasteiger charge is 2.30. The molecular formula is C16H22O2. The highest BCUT2D eigenvalue weighted by molar-refractivity contribution is 5.97. The summed E-state index contributed by atoms with van der Waals surface area (Å²) < 4.78 is 0. The van der Waals surface area contributed by atoms with Crippen LogP contribution in [0.5, 0.6) is 0 Å². The minimum absolute atomic E-state index is 0.0636. The lowest BCUT2D eigenvalue weighted by atomic mass is 9.79. The number of aliphatic hydroxyl groups excluding tert-OH is 1. The van der Waals surface area contributed by atoms with E-state index in [4.69, 9.17) is 0 Å². The Morgan fingerprint density at radius 1 is 1.17 bits per heavy atom. The SMILES string of the molecule is C[C@@H](C(=O)c1ccccc1)C(O)C1CCCCC1. The van der Waals surface area contributed by atoms with E-state index in [0.29, 0.717) is 11.5 Å². The number of hydrogen-bond acceptors (Lipinski definition) is 2. The molecule has 1 N–H and O–H groups in total. The molecule has 0 aromatic heterocycles. The van der Waals surface area contributed by atoms with Crippen molar-refractivity contribution in [2.24, 2.45) is 11.8 Å². The highest BCUT2D eigenvalue weighted by Crippen LogP contribution is 2.30. The zero-order chi connectivity index (χ0) is 13.0. The fraction of sp³-hybridized carbons (Fsp3) is 0.562. The Labute approximate surface area is 109 Å². The number of ketones is 1. The molecule has 0 aliphatic heterocycles. The molecule has 1 saturated carbocycles. The molecule has 18 heavy (non-hydrogen) atoms. The predicted molar refractivity (Wildman–Crippen MR) is 72.5 cm³/mol. The van der Waals surface area contributed by atoms with Gasteiger partial charge in [-0.2, -0.15) is 0 Å². The standard InChI is InChI=1S/C16H22O2/c1-12(15(17)13-8-4-2-5-9-13)16(18)14-10-6-3-7-11-14/h2,4-5,8-9,12,14,16,18H,3,6-7,10-11H2,1H3/t12-,16?/m0/s1. The Kier molecular flexibility index (Phi) is 4.54. The molecule has 0 spiro atoms. The van der Waals surface area contributed by atoms with Gasteiger partial charge in [0.1, 0.15) is 0 Å². The van der Waals surface area contributed by atoms with Crippen LogP contribution >= 0.6 is 0 Å². The zero-order valence-electron chi connectivity index (χ0n) is 11.0. The van der Waals surface area contributed by atoms with Crippen LogP contribution in [0.4, 0.5) is 0 Å². The van der Waals surface area contributed by atoms with Crippen LogP contribution < -0.4 is 0 Å². The van der Waals surface area contributed by atoms with Crippen molar-refractivity contribution in [1.29, 1.82) is 0 Å². The first-order valence-corrected chi connectivity index (χ1v) is 6.97. The third-order valence-corrected chi connectivity index (χ3v) is 4.12. The molecule has 0 bridgehead atoms. The molecule has 0 radical (unpaired) electrons. The van der Waals surface area contributed by atoms with E-state index in [9.17, 15) is 9.90 Å². The minimum Gasteiger partial charge on any atom is -0.392 e. The summed E-state index contributed by atoms with van der Waals surface area (Å²) >= 11 is 0. The van der Waals surface area contributed by atoms with Gasteiger partial charge in [-0.1, -0.05) is 56.5 Å². The van der Waals surface area contributed by atoms with Crippen molar-refractivity contribution in [2.75, 3.05) is 0 Å². The third kappa shape index (κ3) is 2.99. The summed E-state index contributed by atoms with van der Waals surface area (Å²) in [6, 6.07) is 9.29. The minimum atomic E-state index is -0.488. The second-order valence-electron chi connectivity index (χ2n) is 5.41. The fourth-order valence-electron chi connectivity index (χ4n) is 2.90. The van der Waals surface area contributed by atoms with Gasteiger partial charge in [0.25, 0.3) is 0 Å². The zero-order valence-corrected chi connectivity index (χ0v) is 11.0. The van der Waals surface area contributed by atoms with Gasteiger partial charge >= 0.3 is 0 Å². The van der Waals surface area contributed by atoms with Crippen molar-refractivity contribution in [3.8, 4) is 0 Å². The van der Waals surface area contributed by atoms with Crippen LogP contribution in [0.25, 0.3) is 0 Å². The predicted octanol–water partition coefficient (Wildman–Crippen LogP) is 3.45. The Morgan fingerprint density at radius 3 is 2.39 bits per heavy atom. The number of benzene rings is 1. The van der Waals surface area contributed by atoms with Crippen molar-refractivity contribution >= 4 is 5.78 Å². The molecule has 2 atom stereocenters. The third-order valence-electron chi connectivity index (χ3n) is 4.12. The molecule has 1 aromatic carbocycles. The molecule has 0 saturated heterocycles. The summed E-state index contributed by atoms with van der Waals surface area (Å²) in [5, 5.41) is 10.4. The Balaban J connectivity index is 2.01. The van der Waals surface area contributed by atoms with E-state index in [0.717, 1.165) is 12.8 Å². The van der Waals surface area contributed by atoms with E-state index >= 15 is 0 Å². The van der Waals surface area contributed by atoms with Gasteiger partial charge in [-0.25, -0.2) is 0 Å². The van der Waals surface area contributed by atoms with Crippen molar-refractivity contribution in [3.63, 3.8) is 0 Å². The molecule has 0 amide bonds.